The predicted octanol–water partition coefficient (Wildman–Crippen LogP) is 0.203. The zero-order valence-corrected chi connectivity index (χ0v) is 11.3. The summed E-state index contributed by atoms with van der Waals surface area (Å²) in [5, 5.41) is 9.05. The maximum atomic E-state index is 12.3. The SMILES string of the molecule is Cn1cnc(S(=O)(=O)N2CCCC(CCO)C2)c1. The molecular formula is C11H19N3O3S. The summed E-state index contributed by atoms with van der Waals surface area (Å²) < 4.78 is 27.8. The number of aliphatic hydroxyl groups is 1. The van der Waals surface area contributed by atoms with E-state index in [-0.39, 0.29) is 17.6 Å². The Hall–Kier alpha value is -0.920. The van der Waals surface area contributed by atoms with Gasteiger partial charge in [-0.25, -0.2) is 13.4 Å². The lowest BCUT2D eigenvalue weighted by Crippen LogP contribution is -2.40. The standard InChI is InChI=1S/C11H19N3O3S/c1-13-8-11(12-9-13)18(16,17)14-5-2-3-10(7-14)4-6-15/h8-10,15H,2-7H2,1H3. The van der Waals surface area contributed by atoms with E-state index in [2.05, 4.69) is 4.98 Å². The third-order valence-corrected chi connectivity index (χ3v) is 5.06. The monoisotopic (exact) mass is 273 g/mol. The Morgan fingerprint density at radius 2 is 2.33 bits per heavy atom. The predicted molar refractivity (Wildman–Crippen MR) is 66.4 cm³/mol. The van der Waals surface area contributed by atoms with Crippen LogP contribution in [0.3, 0.4) is 0 Å². The van der Waals surface area contributed by atoms with Gasteiger partial charge in [-0.1, -0.05) is 0 Å². The van der Waals surface area contributed by atoms with Crippen LogP contribution in [-0.4, -0.2) is 47.1 Å². The largest absolute Gasteiger partial charge is 0.396 e. The summed E-state index contributed by atoms with van der Waals surface area (Å²) in [7, 11) is -1.73. The number of nitrogens with zero attached hydrogens (tertiary/aromatic N) is 3. The van der Waals surface area contributed by atoms with Crippen LogP contribution in [0.5, 0.6) is 0 Å². The van der Waals surface area contributed by atoms with Crippen LogP contribution in [0.1, 0.15) is 19.3 Å². The van der Waals surface area contributed by atoms with E-state index in [1.54, 1.807) is 11.6 Å². The molecule has 0 radical (unpaired) electrons. The summed E-state index contributed by atoms with van der Waals surface area (Å²) in [5.41, 5.74) is 0. The van der Waals surface area contributed by atoms with Gasteiger partial charge in [0.2, 0.25) is 0 Å². The van der Waals surface area contributed by atoms with E-state index >= 15 is 0 Å². The summed E-state index contributed by atoms with van der Waals surface area (Å²) in [6.45, 7) is 1.14. The van der Waals surface area contributed by atoms with Crippen molar-refractivity contribution >= 4 is 10.0 Å². The highest BCUT2D eigenvalue weighted by Gasteiger charge is 2.31. The number of aromatic nitrogens is 2. The Kier molecular flexibility index (Phi) is 4.04. The first kappa shape index (κ1) is 13.5. The van der Waals surface area contributed by atoms with Crippen molar-refractivity contribution in [2.45, 2.75) is 24.3 Å². The molecule has 1 saturated heterocycles. The smallest absolute Gasteiger partial charge is 0.262 e. The number of hydrogen-bond donors (Lipinski definition) is 1. The van der Waals surface area contributed by atoms with E-state index in [0.717, 1.165) is 12.8 Å². The van der Waals surface area contributed by atoms with Gasteiger partial charge in [0, 0.05) is 32.9 Å². The third-order valence-electron chi connectivity index (χ3n) is 3.30. The van der Waals surface area contributed by atoms with Crippen molar-refractivity contribution < 1.29 is 13.5 Å². The lowest BCUT2D eigenvalue weighted by molar-refractivity contribution is 0.202. The molecule has 0 aliphatic carbocycles. The van der Waals surface area contributed by atoms with Crippen LogP contribution in [0.4, 0.5) is 0 Å². The molecule has 2 rings (SSSR count). The maximum absolute atomic E-state index is 12.3. The minimum Gasteiger partial charge on any atom is -0.396 e. The molecule has 1 aromatic rings. The summed E-state index contributed by atoms with van der Waals surface area (Å²) >= 11 is 0. The molecule has 1 atom stereocenters. The lowest BCUT2D eigenvalue weighted by atomic mass is 9.97. The molecule has 1 aliphatic heterocycles. The first-order chi connectivity index (χ1) is 8.54. The highest BCUT2D eigenvalue weighted by atomic mass is 32.2. The second-order valence-electron chi connectivity index (χ2n) is 4.76. The molecule has 2 heterocycles. The molecule has 0 spiro atoms. The Bertz CT molecular complexity index is 495. The number of sulfonamides is 1. The van der Waals surface area contributed by atoms with Crippen molar-refractivity contribution in [1.82, 2.24) is 13.9 Å². The summed E-state index contributed by atoms with van der Waals surface area (Å²) in [4.78, 5) is 3.92. The fraction of sp³-hybridized carbons (Fsp3) is 0.727. The van der Waals surface area contributed by atoms with Crippen LogP contribution >= 0.6 is 0 Å². The summed E-state index contributed by atoms with van der Waals surface area (Å²) in [6, 6.07) is 0. The number of rotatable bonds is 4. The third kappa shape index (κ3) is 2.73. The molecule has 0 saturated carbocycles. The van der Waals surface area contributed by atoms with Gasteiger partial charge in [0.05, 0.1) is 6.33 Å². The first-order valence-electron chi connectivity index (χ1n) is 6.13. The maximum Gasteiger partial charge on any atom is 0.262 e. The van der Waals surface area contributed by atoms with Gasteiger partial charge in [0.1, 0.15) is 0 Å². The summed E-state index contributed by atoms with van der Waals surface area (Å²) in [5.74, 6) is 0.252. The van der Waals surface area contributed by atoms with Crippen LogP contribution in [0.15, 0.2) is 17.6 Å². The van der Waals surface area contributed by atoms with Gasteiger partial charge in [0.25, 0.3) is 10.0 Å². The van der Waals surface area contributed by atoms with Crippen molar-refractivity contribution in [3.8, 4) is 0 Å². The van der Waals surface area contributed by atoms with Crippen molar-refractivity contribution in [2.75, 3.05) is 19.7 Å². The van der Waals surface area contributed by atoms with Gasteiger partial charge in [-0.2, -0.15) is 4.31 Å². The highest BCUT2D eigenvalue weighted by molar-refractivity contribution is 7.89. The fourth-order valence-electron chi connectivity index (χ4n) is 2.32. The molecule has 1 aromatic heterocycles. The molecule has 0 amide bonds. The van der Waals surface area contributed by atoms with Crippen molar-refractivity contribution in [2.24, 2.45) is 13.0 Å². The molecule has 1 N–H and O–H groups in total. The number of piperidine rings is 1. The van der Waals surface area contributed by atoms with Crippen molar-refractivity contribution in [1.29, 1.82) is 0 Å². The average Bonchev–Trinajstić information content (AvgIpc) is 2.77. The van der Waals surface area contributed by atoms with E-state index in [9.17, 15) is 8.42 Å². The number of imidazole rings is 1. The quantitative estimate of drug-likeness (QED) is 0.850. The van der Waals surface area contributed by atoms with E-state index in [1.165, 1.54) is 16.8 Å². The molecule has 102 valence electrons. The molecule has 6 nitrogen and oxygen atoms in total. The molecule has 1 fully saturated rings. The summed E-state index contributed by atoms with van der Waals surface area (Å²) in [6.07, 6.45) is 5.49. The second kappa shape index (κ2) is 5.38. The molecular weight excluding hydrogens is 254 g/mol. The zero-order valence-electron chi connectivity index (χ0n) is 10.5. The van der Waals surface area contributed by atoms with Gasteiger partial charge in [-0.05, 0) is 25.2 Å². The molecule has 18 heavy (non-hydrogen) atoms. The van der Waals surface area contributed by atoms with Crippen LogP contribution in [0.2, 0.25) is 0 Å². The number of aryl methyl sites for hydroxylation is 1. The molecule has 0 bridgehead atoms. The second-order valence-corrected chi connectivity index (χ2v) is 6.65. The normalized spacial score (nSPS) is 22.2. The fourth-order valence-corrected chi connectivity index (χ4v) is 3.84. The van der Waals surface area contributed by atoms with Gasteiger partial charge in [-0.3, -0.25) is 0 Å². The van der Waals surface area contributed by atoms with Crippen LogP contribution in [0.25, 0.3) is 0 Å². The van der Waals surface area contributed by atoms with Gasteiger partial charge in [-0.15, -0.1) is 0 Å². The lowest BCUT2D eigenvalue weighted by Gasteiger charge is -2.31. The van der Waals surface area contributed by atoms with E-state index in [4.69, 9.17) is 5.11 Å². The average molecular weight is 273 g/mol. The highest BCUT2D eigenvalue weighted by Crippen LogP contribution is 2.24. The molecule has 1 unspecified atom stereocenters. The van der Waals surface area contributed by atoms with E-state index in [0.29, 0.717) is 19.5 Å². The van der Waals surface area contributed by atoms with Gasteiger partial charge < -0.3 is 9.67 Å². The molecule has 0 aromatic carbocycles. The number of aliphatic hydroxyl groups excluding tert-OH is 1. The van der Waals surface area contributed by atoms with Crippen molar-refractivity contribution in [3.63, 3.8) is 0 Å². The first-order valence-corrected chi connectivity index (χ1v) is 7.57. The Labute approximate surface area is 107 Å². The zero-order chi connectivity index (χ0) is 13.2. The minimum atomic E-state index is -3.47. The van der Waals surface area contributed by atoms with Crippen molar-refractivity contribution in [3.05, 3.63) is 12.5 Å². The molecule has 7 heteroatoms. The van der Waals surface area contributed by atoms with Gasteiger partial charge in [0.15, 0.2) is 5.03 Å². The van der Waals surface area contributed by atoms with E-state index in [1.807, 2.05) is 0 Å². The Balaban J connectivity index is 2.15. The van der Waals surface area contributed by atoms with Gasteiger partial charge >= 0.3 is 0 Å². The van der Waals surface area contributed by atoms with Crippen LogP contribution in [-0.2, 0) is 17.1 Å². The number of hydrogen-bond acceptors (Lipinski definition) is 4. The topological polar surface area (TPSA) is 75.4 Å². The van der Waals surface area contributed by atoms with Crippen LogP contribution < -0.4 is 0 Å². The van der Waals surface area contributed by atoms with E-state index < -0.39 is 10.0 Å². The van der Waals surface area contributed by atoms with Crippen LogP contribution in [0, 0.1) is 5.92 Å². The Morgan fingerprint density at radius 3 is 2.94 bits per heavy atom. The molecule has 1 aliphatic rings. The Morgan fingerprint density at radius 1 is 1.56 bits per heavy atom. The minimum absolute atomic E-state index is 0.106.